The average Bonchev–Trinajstić information content (AvgIpc) is 2.55. The van der Waals surface area contributed by atoms with E-state index < -0.39 is 14.9 Å². The third-order valence-electron chi connectivity index (χ3n) is 3.25. The van der Waals surface area contributed by atoms with Gasteiger partial charge in [0.05, 0.1) is 21.5 Å². The highest BCUT2D eigenvalue weighted by atomic mass is 32.2. The number of nitrogens with zero attached hydrogens (tertiary/aromatic N) is 3. The molecule has 0 spiro atoms. The number of nitro groups is 1. The van der Waals surface area contributed by atoms with Crippen LogP contribution in [0, 0.1) is 21.4 Å². The van der Waals surface area contributed by atoms with E-state index in [0.717, 1.165) is 4.31 Å². The molecule has 0 aromatic heterocycles. The Morgan fingerprint density at radius 1 is 1.22 bits per heavy atom. The van der Waals surface area contributed by atoms with Crippen LogP contribution in [0.4, 0.5) is 5.69 Å². The molecule has 0 saturated heterocycles. The highest BCUT2D eigenvalue weighted by Crippen LogP contribution is 2.23. The Hall–Kier alpha value is -2.76. The van der Waals surface area contributed by atoms with Crippen LogP contribution in [0.3, 0.4) is 0 Å². The summed E-state index contributed by atoms with van der Waals surface area (Å²) in [6.07, 6.45) is 0. The van der Waals surface area contributed by atoms with E-state index in [9.17, 15) is 18.5 Å². The Bertz CT molecular complexity index is 888. The largest absolute Gasteiger partial charge is 0.273 e. The highest BCUT2D eigenvalue weighted by molar-refractivity contribution is 7.89. The summed E-state index contributed by atoms with van der Waals surface area (Å²) in [7, 11) is -2.51. The fraction of sp³-hybridized carbons (Fsp3) is 0.133. The fourth-order valence-corrected chi connectivity index (χ4v) is 3.25. The Morgan fingerprint density at radius 2 is 1.91 bits per heavy atom. The van der Waals surface area contributed by atoms with Gasteiger partial charge in [-0.05, 0) is 18.2 Å². The zero-order valence-electron chi connectivity index (χ0n) is 12.2. The van der Waals surface area contributed by atoms with Crippen LogP contribution < -0.4 is 0 Å². The van der Waals surface area contributed by atoms with Gasteiger partial charge in [-0.1, -0.05) is 24.3 Å². The van der Waals surface area contributed by atoms with Crippen molar-refractivity contribution in [2.75, 3.05) is 7.05 Å². The number of sulfonamides is 1. The number of hydrogen-bond donors (Lipinski definition) is 0. The number of nitro benzene ring substituents is 1. The van der Waals surface area contributed by atoms with Gasteiger partial charge in [0.2, 0.25) is 10.0 Å². The predicted molar refractivity (Wildman–Crippen MR) is 82.9 cm³/mol. The van der Waals surface area contributed by atoms with E-state index in [1.807, 2.05) is 6.07 Å². The van der Waals surface area contributed by atoms with E-state index in [1.54, 1.807) is 6.07 Å². The summed E-state index contributed by atoms with van der Waals surface area (Å²) < 4.78 is 26.1. The molecule has 0 heterocycles. The molecule has 0 aliphatic rings. The van der Waals surface area contributed by atoms with Gasteiger partial charge in [0.25, 0.3) is 5.69 Å². The molecule has 0 saturated carbocycles. The molecule has 0 fully saturated rings. The molecule has 2 rings (SSSR count). The summed E-state index contributed by atoms with van der Waals surface area (Å²) >= 11 is 0. The van der Waals surface area contributed by atoms with E-state index >= 15 is 0 Å². The molecule has 23 heavy (non-hydrogen) atoms. The maximum absolute atomic E-state index is 12.5. The minimum absolute atomic E-state index is 0.0300. The fourth-order valence-electron chi connectivity index (χ4n) is 2.05. The lowest BCUT2D eigenvalue weighted by molar-refractivity contribution is -0.385. The van der Waals surface area contributed by atoms with Gasteiger partial charge in [-0.2, -0.15) is 9.57 Å². The standard InChI is InChI=1S/C15H13N3O4S/c1-17(11-13-6-2-3-8-15(13)18(19)20)23(21,22)14-7-4-5-12(9-14)10-16/h2-9H,11H2,1H3. The average molecular weight is 331 g/mol. The molecule has 7 nitrogen and oxygen atoms in total. The van der Waals surface area contributed by atoms with Crippen molar-refractivity contribution in [3.63, 3.8) is 0 Å². The van der Waals surface area contributed by atoms with Crippen molar-refractivity contribution in [2.45, 2.75) is 11.4 Å². The quantitative estimate of drug-likeness (QED) is 0.617. The molecule has 8 heteroatoms. The molecular formula is C15H13N3O4S. The van der Waals surface area contributed by atoms with E-state index in [4.69, 9.17) is 5.26 Å². The van der Waals surface area contributed by atoms with Crippen molar-refractivity contribution >= 4 is 15.7 Å². The van der Waals surface area contributed by atoms with E-state index in [-0.39, 0.29) is 22.7 Å². The maximum atomic E-state index is 12.5. The first-order valence-electron chi connectivity index (χ1n) is 6.55. The summed E-state index contributed by atoms with van der Waals surface area (Å²) in [6.45, 7) is -0.143. The number of nitriles is 1. The molecule has 0 N–H and O–H groups in total. The van der Waals surface area contributed by atoms with Crippen LogP contribution in [0.2, 0.25) is 0 Å². The zero-order chi connectivity index (χ0) is 17.0. The Morgan fingerprint density at radius 3 is 2.57 bits per heavy atom. The van der Waals surface area contributed by atoms with Crippen molar-refractivity contribution in [3.8, 4) is 6.07 Å². The van der Waals surface area contributed by atoms with Gasteiger partial charge >= 0.3 is 0 Å². The second-order valence-electron chi connectivity index (χ2n) is 4.79. The van der Waals surface area contributed by atoms with Crippen LogP contribution in [0.25, 0.3) is 0 Å². The third-order valence-corrected chi connectivity index (χ3v) is 5.05. The van der Waals surface area contributed by atoms with E-state index in [0.29, 0.717) is 5.56 Å². The number of rotatable bonds is 5. The molecule has 0 aliphatic heterocycles. The van der Waals surface area contributed by atoms with Crippen molar-refractivity contribution in [1.82, 2.24) is 4.31 Å². The smallest absolute Gasteiger partial charge is 0.258 e. The molecule has 118 valence electrons. The second-order valence-corrected chi connectivity index (χ2v) is 6.83. The molecule has 2 aromatic carbocycles. The van der Waals surface area contributed by atoms with Gasteiger partial charge in [0.15, 0.2) is 0 Å². The lowest BCUT2D eigenvalue weighted by atomic mass is 10.2. The van der Waals surface area contributed by atoms with Crippen molar-refractivity contribution in [1.29, 1.82) is 5.26 Å². The first-order chi connectivity index (χ1) is 10.9. The van der Waals surface area contributed by atoms with Crippen LogP contribution in [-0.2, 0) is 16.6 Å². The molecule has 2 aromatic rings. The van der Waals surface area contributed by atoms with Gasteiger partial charge in [-0.15, -0.1) is 0 Å². The normalized spacial score (nSPS) is 11.2. The van der Waals surface area contributed by atoms with E-state index in [1.165, 1.54) is 49.5 Å². The summed E-state index contributed by atoms with van der Waals surface area (Å²) in [5.41, 5.74) is 0.380. The zero-order valence-corrected chi connectivity index (χ0v) is 13.0. The summed E-state index contributed by atoms with van der Waals surface area (Å²) in [5, 5.41) is 19.9. The van der Waals surface area contributed by atoms with Crippen LogP contribution >= 0.6 is 0 Å². The van der Waals surface area contributed by atoms with Gasteiger partial charge in [-0.3, -0.25) is 10.1 Å². The molecule has 0 aliphatic carbocycles. The van der Waals surface area contributed by atoms with Crippen molar-refractivity contribution in [2.24, 2.45) is 0 Å². The molecule has 0 radical (unpaired) electrons. The molecular weight excluding hydrogens is 318 g/mol. The topological polar surface area (TPSA) is 104 Å². The Labute approximate surface area is 133 Å². The molecule has 0 unspecified atom stereocenters. The van der Waals surface area contributed by atoms with Gasteiger partial charge < -0.3 is 0 Å². The SMILES string of the molecule is CN(Cc1ccccc1[N+](=O)[O-])S(=O)(=O)c1cccc(C#N)c1. The van der Waals surface area contributed by atoms with Crippen LogP contribution in [0.1, 0.15) is 11.1 Å². The molecule has 0 bridgehead atoms. The Kier molecular flexibility index (Phi) is 4.74. The lowest BCUT2D eigenvalue weighted by Crippen LogP contribution is -2.26. The summed E-state index contributed by atoms with van der Waals surface area (Å²) in [4.78, 5) is 10.4. The number of benzene rings is 2. The Balaban J connectivity index is 2.35. The monoisotopic (exact) mass is 331 g/mol. The number of hydrogen-bond acceptors (Lipinski definition) is 5. The van der Waals surface area contributed by atoms with Crippen LogP contribution in [-0.4, -0.2) is 24.7 Å². The molecule has 0 atom stereocenters. The van der Waals surface area contributed by atoms with Gasteiger partial charge in [-0.25, -0.2) is 8.42 Å². The minimum Gasteiger partial charge on any atom is -0.258 e. The first-order valence-corrected chi connectivity index (χ1v) is 7.99. The number of para-hydroxylation sites is 1. The van der Waals surface area contributed by atoms with Crippen molar-refractivity contribution in [3.05, 3.63) is 69.8 Å². The summed E-state index contributed by atoms with van der Waals surface area (Å²) in [5.74, 6) is 0. The van der Waals surface area contributed by atoms with Gasteiger partial charge in [0.1, 0.15) is 0 Å². The van der Waals surface area contributed by atoms with Crippen molar-refractivity contribution < 1.29 is 13.3 Å². The summed E-state index contributed by atoms with van der Waals surface area (Å²) in [6, 6.07) is 13.5. The van der Waals surface area contributed by atoms with Crippen LogP contribution in [0.15, 0.2) is 53.4 Å². The first kappa shape index (κ1) is 16.6. The lowest BCUT2D eigenvalue weighted by Gasteiger charge is -2.17. The third kappa shape index (κ3) is 3.53. The second kappa shape index (κ2) is 6.56. The molecule has 0 amide bonds. The highest BCUT2D eigenvalue weighted by Gasteiger charge is 2.24. The van der Waals surface area contributed by atoms with Crippen LogP contribution in [0.5, 0.6) is 0 Å². The van der Waals surface area contributed by atoms with Gasteiger partial charge in [0, 0.05) is 25.2 Å². The van der Waals surface area contributed by atoms with E-state index in [2.05, 4.69) is 0 Å². The predicted octanol–water partition coefficient (Wildman–Crippen LogP) is 2.29. The maximum Gasteiger partial charge on any atom is 0.273 e. The minimum atomic E-state index is -3.85.